The van der Waals surface area contributed by atoms with Gasteiger partial charge in [0.05, 0.1) is 26.4 Å². The molecular formula is C83H162O17P2. The topological polar surface area (TPSA) is 237 Å². The second kappa shape index (κ2) is 75.9. The molecule has 3 N–H and O–H groups in total. The number of phosphoric ester groups is 2. The van der Waals surface area contributed by atoms with E-state index in [0.717, 1.165) is 96.3 Å². The fourth-order valence-corrected chi connectivity index (χ4v) is 14.5. The third kappa shape index (κ3) is 76.3. The molecule has 17 nitrogen and oxygen atoms in total. The van der Waals surface area contributed by atoms with Crippen molar-refractivity contribution in [3.63, 3.8) is 0 Å². The van der Waals surface area contributed by atoms with Crippen LogP contribution in [0.25, 0.3) is 0 Å². The number of carbonyl (C=O) groups is 4. The van der Waals surface area contributed by atoms with E-state index < -0.39 is 97.5 Å². The number of hydrogen-bond acceptors (Lipinski definition) is 15. The number of aliphatic hydroxyl groups is 1. The minimum atomic E-state index is -4.96. The van der Waals surface area contributed by atoms with Gasteiger partial charge in [0.1, 0.15) is 19.3 Å². The van der Waals surface area contributed by atoms with Crippen molar-refractivity contribution in [3.05, 3.63) is 0 Å². The maximum atomic E-state index is 13.1. The Morgan fingerprint density at radius 3 is 0.667 bits per heavy atom. The van der Waals surface area contributed by atoms with Gasteiger partial charge in [-0.3, -0.25) is 37.3 Å². The Bertz CT molecular complexity index is 1940. The summed E-state index contributed by atoms with van der Waals surface area (Å²) >= 11 is 0. The van der Waals surface area contributed by atoms with E-state index in [4.69, 9.17) is 37.0 Å². The maximum Gasteiger partial charge on any atom is 0.472 e. The highest BCUT2D eigenvalue weighted by atomic mass is 31.2. The van der Waals surface area contributed by atoms with Gasteiger partial charge >= 0.3 is 39.5 Å². The van der Waals surface area contributed by atoms with E-state index in [-0.39, 0.29) is 25.7 Å². The number of unbranched alkanes of at least 4 members (excludes halogenated alkanes) is 55. The van der Waals surface area contributed by atoms with E-state index in [9.17, 15) is 43.2 Å². The smallest absolute Gasteiger partial charge is 0.462 e. The van der Waals surface area contributed by atoms with E-state index in [0.29, 0.717) is 31.6 Å². The van der Waals surface area contributed by atoms with E-state index >= 15 is 0 Å². The minimum Gasteiger partial charge on any atom is -0.462 e. The van der Waals surface area contributed by atoms with Crippen molar-refractivity contribution in [1.82, 2.24) is 0 Å². The molecule has 5 atom stereocenters. The molecule has 0 bridgehead atoms. The van der Waals surface area contributed by atoms with Gasteiger partial charge < -0.3 is 33.8 Å². The van der Waals surface area contributed by atoms with E-state index in [1.807, 2.05) is 0 Å². The van der Waals surface area contributed by atoms with Gasteiger partial charge in [0.15, 0.2) is 12.2 Å². The van der Waals surface area contributed by atoms with Crippen LogP contribution in [0.4, 0.5) is 0 Å². The van der Waals surface area contributed by atoms with Gasteiger partial charge in [0.2, 0.25) is 0 Å². The highest BCUT2D eigenvalue weighted by Gasteiger charge is 2.30. The monoisotopic (exact) mass is 1490 g/mol. The zero-order chi connectivity index (χ0) is 74.8. The molecule has 0 fully saturated rings. The van der Waals surface area contributed by atoms with E-state index in [1.165, 1.54) is 263 Å². The summed E-state index contributed by atoms with van der Waals surface area (Å²) in [6, 6.07) is 0. The first-order chi connectivity index (χ1) is 49.5. The summed E-state index contributed by atoms with van der Waals surface area (Å²) < 4.78 is 68.7. The summed E-state index contributed by atoms with van der Waals surface area (Å²) in [7, 11) is -9.92. The SMILES string of the molecule is CCCCCCCCCCCCCCCCCCCCCCCCC(=O)O[C@H](COC(=O)CCCCCCCCCCCCCCCCCCC)COP(=O)(O)OC[C@@H](O)COP(=O)(O)OC[C@@H](COC(=O)CCCCCCCCCC(C)C)OC(=O)CCCCCCCCCCCCCCC. The number of esters is 4. The van der Waals surface area contributed by atoms with Crippen LogP contribution in [-0.4, -0.2) is 96.7 Å². The minimum absolute atomic E-state index is 0.107. The molecule has 0 aliphatic heterocycles. The van der Waals surface area contributed by atoms with Crippen molar-refractivity contribution in [1.29, 1.82) is 0 Å². The van der Waals surface area contributed by atoms with Crippen molar-refractivity contribution < 1.29 is 80.2 Å². The van der Waals surface area contributed by atoms with Gasteiger partial charge in [-0.15, -0.1) is 0 Å². The molecule has 0 aliphatic carbocycles. The lowest BCUT2D eigenvalue weighted by atomic mass is 10.0. The number of phosphoric acid groups is 2. The summed E-state index contributed by atoms with van der Waals surface area (Å²) in [6.45, 7) is 7.28. The molecule has 0 spiro atoms. The number of aliphatic hydroxyl groups excluding tert-OH is 1. The van der Waals surface area contributed by atoms with Crippen LogP contribution in [0.3, 0.4) is 0 Å². The van der Waals surface area contributed by atoms with Gasteiger partial charge in [0, 0.05) is 25.7 Å². The Morgan fingerprint density at radius 2 is 0.451 bits per heavy atom. The third-order valence-electron chi connectivity index (χ3n) is 19.5. The van der Waals surface area contributed by atoms with Crippen molar-refractivity contribution in [3.8, 4) is 0 Å². The molecule has 0 rings (SSSR count). The van der Waals surface area contributed by atoms with Crippen molar-refractivity contribution in [2.75, 3.05) is 39.6 Å². The van der Waals surface area contributed by atoms with Gasteiger partial charge in [-0.25, -0.2) is 9.13 Å². The van der Waals surface area contributed by atoms with Gasteiger partial charge in [-0.2, -0.15) is 0 Å². The summed E-state index contributed by atoms with van der Waals surface area (Å²) in [4.78, 5) is 73.1. The fraction of sp³-hybridized carbons (Fsp3) is 0.952. The molecular weight excluding hydrogens is 1330 g/mol. The molecule has 0 aromatic rings. The average Bonchev–Trinajstić information content (AvgIpc) is 0.919. The standard InChI is InChI=1S/C83H162O17P2/c1-6-9-12-15-18-21-24-27-29-31-32-33-34-35-37-39-42-45-48-53-59-64-69-83(88)99-78(72-93-80(85)66-61-56-51-46-43-41-38-36-30-28-25-22-19-16-13-10-7-2)74-97-101(89,90)95-70-77(84)71-96-102(91,92)98-75-79(73-94-81(86)67-62-57-54-49-50-55-60-65-76(4)5)100-82(87)68-63-58-52-47-44-40-26-23-20-17-14-11-8-3/h76-79,84H,6-75H2,1-5H3,(H,89,90)(H,91,92)/t77-,78-,79-/m1/s1. The van der Waals surface area contributed by atoms with Gasteiger partial charge in [-0.05, 0) is 31.6 Å². The first-order valence-electron chi connectivity index (χ1n) is 43.1. The Balaban J connectivity index is 5.20. The molecule has 102 heavy (non-hydrogen) atoms. The van der Waals surface area contributed by atoms with Crippen LogP contribution in [-0.2, 0) is 65.4 Å². The van der Waals surface area contributed by atoms with Crippen LogP contribution < -0.4 is 0 Å². The van der Waals surface area contributed by atoms with Crippen LogP contribution in [0.2, 0.25) is 0 Å². The fourth-order valence-electron chi connectivity index (χ4n) is 12.9. The summed E-state index contributed by atoms with van der Waals surface area (Å²) in [5, 5.41) is 10.6. The highest BCUT2D eigenvalue weighted by molar-refractivity contribution is 7.47. The molecule has 606 valence electrons. The molecule has 0 amide bonds. The number of carbonyl (C=O) groups excluding carboxylic acids is 4. The predicted octanol–water partition coefficient (Wildman–Crippen LogP) is 25.2. The van der Waals surface area contributed by atoms with Crippen molar-refractivity contribution >= 4 is 39.5 Å². The quantitative estimate of drug-likeness (QED) is 0.0222. The number of ether oxygens (including phenoxy) is 4. The largest absolute Gasteiger partial charge is 0.472 e. The number of rotatable bonds is 83. The Labute approximate surface area is 626 Å². The molecule has 0 aromatic heterocycles. The lowest BCUT2D eigenvalue weighted by Crippen LogP contribution is -2.30. The Kier molecular flexibility index (Phi) is 74.4. The van der Waals surface area contributed by atoms with Crippen LogP contribution in [0, 0.1) is 5.92 Å². The van der Waals surface area contributed by atoms with Gasteiger partial charge in [-0.1, -0.05) is 394 Å². The summed E-state index contributed by atoms with van der Waals surface area (Å²) in [6.07, 6.45) is 68.2. The second-order valence-corrected chi connectivity index (χ2v) is 33.3. The molecule has 0 aliphatic rings. The van der Waals surface area contributed by atoms with Crippen LogP contribution in [0.15, 0.2) is 0 Å². The van der Waals surface area contributed by atoms with E-state index in [1.54, 1.807) is 0 Å². The summed E-state index contributed by atoms with van der Waals surface area (Å²) in [5.41, 5.74) is 0. The molecule has 0 saturated heterocycles. The van der Waals surface area contributed by atoms with Crippen molar-refractivity contribution in [2.45, 2.75) is 464 Å². The number of hydrogen-bond donors (Lipinski definition) is 3. The maximum absolute atomic E-state index is 13.1. The molecule has 19 heteroatoms. The van der Waals surface area contributed by atoms with Gasteiger partial charge in [0.25, 0.3) is 0 Å². The first-order valence-corrected chi connectivity index (χ1v) is 46.1. The molecule has 0 heterocycles. The second-order valence-electron chi connectivity index (χ2n) is 30.3. The molecule has 0 aromatic carbocycles. The highest BCUT2D eigenvalue weighted by Crippen LogP contribution is 2.45. The molecule has 2 unspecified atom stereocenters. The van der Waals surface area contributed by atoms with Crippen LogP contribution in [0.1, 0.15) is 446 Å². The zero-order valence-electron chi connectivity index (χ0n) is 66.8. The summed E-state index contributed by atoms with van der Waals surface area (Å²) in [5.74, 6) is -1.40. The average molecular weight is 1490 g/mol. The van der Waals surface area contributed by atoms with Crippen LogP contribution >= 0.6 is 15.6 Å². The normalized spacial score (nSPS) is 13.8. The predicted molar refractivity (Wildman–Crippen MR) is 418 cm³/mol. The lowest BCUT2D eigenvalue weighted by Gasteiger charge is -2.21. The molecule has 0 radical (unpaired) electrons. The van der Waals surface area contributed by atoms with Crippen molar-refractivity contribution in [2.24, 2.45) is 5.92 Å². The Hall–Kier alpha value is -1.94. The van der Waals surface area contributed by atoms with Crippen LogP contribution in [0.5, 0.6) is 0 Å². The first kappa shape index (κ1) is 100. The molecule has 0 saturated carbocycles. The third-order valence-corrected chi connectivity index (χ3v) is 21.4. The van der Waals surface area contributed by atoms with E-state index in [2.05, 4.69) is 34.6 Å². The Morgan fingerprint density at radius 1 is 0.265 bits per heavy atom. The zero-order valence-corrected chi connectivity index (χ0v) is 68.5. The lowest BCUT2D eigenvalue weighted by molar-refractivity contribution is -0.161.